The Morgan fingerprint density at radius 2 is 1.56 bits per heavy atom. The molecule has 148 valence electrons. The quantitative estimate of drug-likeness (QED) is 0.387. The highest BCUT2D eigenvalue weighted by Crippen LogP contribution is 2.34. The molecular formula is C18H23NO7S. The summed E-state index contributed by atoms with van der Waals surface area (Å²) in [6.45, 7) is 6.90. The van der Waals surface area contributed by atoms with E-state index in [4.69, 9.17) is 9.47 Å². The number of ether oxygens (including phenoxy) is 3. The minimum atomic E-state index is -0.861. The zero-order valence-electron chi connectivity index (χ0n) is 15.7. The van der Waals surface area contributed by atoms with E-state index in [0.717, 1.165) is 22.6 Å². The van der Waals surface area contributed by atoms with Crippen molar-refractivity contribution in [2.45, 2.75) is 34.1 Å². The number of nitrogens with one attached hydrogen (secondary N) is 1. The Morgan fingerprint density at radius 3 is 2.11 bits per heavy atom. The van der Waals surface area contributed by atoms with Crippen LogP contribution in [0.2, 0.25) is 0 Å². The molecule has 0 radical (unpaired) electrons. The van der Waals surface area contributed by atoms with Crippen LogP contribution in [0.15, 0.2) is 12.2 Å². The number of carbonyl (C=O) groups is 4. The third-order valence-corrected chi connectivity index (χ3v) is 4.64. The monoisotopic (exact) mass is 397 g/mol. The Labute approximate surface area is 161 Å². The van der Waals surface area contributed by atoms with Gasteiger partial charge < -0.3 is 19.5 Å². The zero-order valence-corrected chi connectivity index (χ0v) is 16.6. The van der Waals surface area contributed by atoms with Crippen LogP contribution in [-0.2, 0) is 35.0 Å². The van der Waals surface area contributed by atoms with Gasteiger partial charge in [0.2, 0.25) is 0 Å². The molecule has 0 aliphatic rings. The lowest BCUT2D eigenvalue weighted by Crippen LogP contribution is -2.21. The normalized spacial score (nSPS) is 10.5. The molecule has 1 amide bonds. The lowest BCUT2D eigenvalue weighted by atomic mass is 10.1. The number of amides is 1. The number of anilines is 1. The molecule has 1 N–H and O–H groups in total. The number of carbonyl (C=O) groups excluding carboxylic acids is 4. The molecule has 0 unspecified atom stereocenters. The maximum Gasteiger partial charge on any atom is 0.341 e. The van der Waals surface area contributed by atoms with Crippen molar-refractivity contribution in [1.29, 1.82) is 0 Å². The van der Waals surface area contributed by atoms with E-state index in [9.17, 15) is 19.2 Å². The van der Waals surface area contributed by atoms with E-state index in [2.05, 4.69) is 10.1 Å². The molecule has 0 atom stereocenters. The highest BCUT2D eigenvalue weighted by Gasteiger charge is 2.23. The molecule has 1 aromatic rings. The molecule has 0 bridgehead atoms. The number of thiophene rings is 1. The van der Waals surface area contributed by atoms with Crippen molar-refractivity contribution < 1.29 is 33.4 Å². The van der Waals surface area contributed by atoms with Gasteiger partial charge in [0.05, 0.1) is 18.8 Å². The molecule has 1 heterocycles. The van der Waals surface area contributed by atoms with Crippen molar-refractivity contribution in [3.8, 4) is 0 Å². The van der Waals surface area contributed by atoms with Gasteiger partial charge in [-0.25, -0.2) is 14.4 Å². The predicted octanol–water partition coefficient (Wildman–Crippen LogP) is 2.40. The largest absolute Gasteiger partial charge is 0.463 e. The standard InChI is InChI=1S/C18H23NO7S/c1-5-12-11(4)16(18(23)25-7-3)17(27-12)19-13(20)10-26-15(22)9-8-14(21)24-6-2/h8-9H,5-7,10H2,1-4H3,(H,19,20)/b9-8+. The molecular weight excluding hydrogens is 374 g/mol. The summed E-state index contributed by atoms with van der Waals surface area (Å²) < 4.78 is 14.4. The first-order valence-electron chi connectivity index (χ1n) is 8.44. The Hall–Kier alpha value is -2.68. The molecule has 0 aromatic carbocycles. The fraction of sp³-hybridized carbons (Fsp3) is 0.444. The summed E-state index contributed by atoms with van der Waals surface area (Å²) in [5.41, 5.74) is 1.06. The average Bonchev–Trinajstić information content (AvgIpc) is 2.93. The number of hydrogen-bond acceptors (Lipinski definition) is 8. The molecule has 1 aromatic heterocycles. The minimum Gasteiger partial charge on any atom is -0.463 e. The van der Waals surface area contributed by atoms with E-state index in [1.165, 1.54) is 11.3 Å². The second-order valence-electron chi connectivity index (χ2n) is 5.17. The van der Waals surface area contributed by atoms with Crippen molar-refractivity contribution in [3.05, 3.63) is 28.2 Å². The lowest BCUT2D eigenvalue weighted by molar-refractivity contribution is -0.143. The van der Waals surface area contributed by atoms with Crippen LogP contribution in [0, 0.1) is 6.92 Å². The third-order valence-electron chi connectivity index (χ3n) is 3.29. The van der Waals surface area contributed by atoms with Crippen LogP contribution in [0.3, 0.4) is 0 Å². The molecule has 9 heteroatoms. The Kier molecular flexibility index (Phi) is 9.21. The summed E-state index contributed by atoms with van der Waals surface area (Å²) in [5.74, 6) is -2.67. The van der Waals surface area contributed by atoms with Gasteiger partial charge in [-0.2, -0.15) is 0 Å². The van der Waals surface area contributed by atoms with E-state index in [1.807, 2.05) is 6.92 Å². The van der Waals surface area contributed by atoms with Gasteiger partial charge in [-0.1, -0.05) is 6.92 Å². The Morgan fingerprint density at radius 1 is 0.963 bits per heavy atom. The number of hydrogen-bond donors (Lipinski definition) is 1. The zero-order chi connectivity index (χ0) is 20.4. The SMILES string of the molecule is CCOC(=O)/C=C/C(=O)OCC(=O)Nc1sc(CC)c(C)c1C(=O)OCC. The predicted molar refractivity (Wildman–Crippen MR) is 99.8 cm³/mol. The summed E-state index contributed by atoms with van der Waals surface area (Å²) in [7, 11) is 0. The fourth-order valence-electron chi connectivity index (χ4n) is 2.11. The molecule has 1 rings (SSSR count). The first-order valence-corrected chi connectivity index (χ1v) is 9.26. The van der Waals surface area contributed by atoms with Gasteiger partial charge in [0, 0.05) is 17.0 Å². The van der Waals surface area contributed by atoms with Gasteiger partial charge in [0.15, 0.2) is 6.61 Å². The van der Waals surface area contributed by atoms with E-state index >= 15 is 0 Å². The van der Waals surface area contributed by atoms with Crippen LogP contribution in [-0.4, -0.2) is 43.6 Å². The molecule has 0 spiro atoms. The summed E-state index contributed by atoms with van der Waals surface area (Å²) in [6.07, 6.45) is 2.49. The average molecular weight is 397 g/mol. The van der Waals surface area contributed by atoms with Crippen molar-refractivity contribution in [1.82, 2.24) is 0 Å². The van der Waals surface area contributed by atoms with E-state index < -0.39 is 30.4 Å². The highest BCUT2D eigenvalue weighted by atomic mass is 32.1. The molecule has 0 aliphatic heterocycles. The number of rotatable bonds is 9. The third kappa shape index (κ3) is 6.86. The number of esters is 3. The van der Waals surface area contributed by atoms with Gasteiger partial charge >= 0.3 is 17.9 Å². The summed E-state index contributed by atoms with van der Waals surface area (Å²) in [5, 5.41) is 2.92. The van der Waals surface area contributed by atoms with Crippen molar-refractivity contribution in [3.63, 3.8) is 0 Å². The second-order valence-corrected chi connectivity index (χ2v) is 6.27. The van der Waals surface area contributed by atoms with Gasteiger partial charge in [0.25, 0.3) is 5.91 Å². The Bertz CT molecular complexity index is 736. The topological polar surface area (TPSA) is 108 Å². The first-order chi connectivity index (χ1) is 12.8. The van der Waals surface area contributed by atoms with E-state index in [0.29, 0.717) is 17.0 Å². The highest BCUT2D eigenvalue weighted by molar-refractivity contribution is 7.17. The maximum absolute atomic E-state index is 12.2. The summed E-state index contributed by atoms with van der Waals surface area (Å²) in [6, 6.07) is 0. The van der Waals surface area contributed by atoms with E-state index in [-0.39, 0.29) is 13.2 Å². The van der Waals surface area contributed by atoms with Gasteiger partial charge in [0.1, 0.15) is 5.00 Å². The minimum absolute atomic E-state index is 0.184. The molecule has 27 heavy (non-hydrogen) atoms. The molecule has 0 saturated carbocycles. The van der Waals surface area contributed by atoms with Crippen molar-refractivity contribution in [2.75, 3.05) is 25.1 Å². The van der Waals surface area contributed by atoms with Crippen molar-refractivity contribution in [2.24, 2.45) is 0 Å². The van der Waals surface area contributed by atoms with Gasteiger partial charge in [-0.15, -0.1) is 11.3 Å². The first kappa shape index (κ1) is 22.4. The summed E-state index contributed by atoms with van der Waals surface area (Å²) >= 11 is 1.27. The van der Waals surface area contributed by atoms with Crippen LogP contribution in [0.4, 0.5) is 5.00 Å². The lowest BCUT2D eigenvalue weighted by Gasteiger charge is -2.07. The maximum atomic E-state index is 12.2. The molecule has 0 aliphatic carbocycles. The fourth-order valence-corrected chi connectivity index (χ4v) is 3.26. The van der Waals surface area contributed by atoms with Gasteiger partial charge in [-0.3, -0.25) is 4.79 Å². The van der Waals surface area contributed by atoms with Crippen LogP contribution in [0.5, 0.6) is 0 Å². The molecule has 8 nitrogen and oxygen atoms in total. The van der Waals surface area contributed by atoms with Crippen LogP contribution < -0.4 is 5.32 Å². The van der Waals surface area contributed by atoms with Crippen LogP contribution in [0.25, 0.3) is 0 Å². The van der Waals surface area contributed by atoms with Crippen LogP contribution in [0.1, 0.15) is 41.6 Å². The molecule has 0 saturated heterocycles. The Balaban J connectivity index is 2.73. The smallest absolute Gasteiger partial charge is 0.341 e. The number of aryl methyl sites for hydroxylation is 1. The summed E-state index contributed by atoms with van der Waals surface area (Å²) in [4.78, 5) is 47.8. The molecule has 0 fully saturated rings. The van der Waals surface area contributed by atoms with Gasteiger partial charge in [-0.05, 0) is 32.8 Å². The van der Waals surface area contributed by atoms with Crippen molar-refractivity contribution >= 4 is 40.2 Å². The second kappa shape index (κ2) is 11.1. The van der Waals surface area contributed by atoms with E-state index in [1.54, 1.807) is 20.8 Å². The van der Waals surface area contributed by atoms with Crippen LogP contribution >= 0.6 is 11.3 Å².